The number of hydrogen-bond donors (Lipinski definition) is 2. The Kier molecular flexibility index (Phi) is 8.44. The second-order valence-electron chi connectivity index (χ2n) is 9.49. The highest BCUT2D eigenvalue weighted by atomic mass is 16.5. The quantitative estimate of drug-likeness (QED) is 0.192. The molecule has 2 N–H and O–H groups in total. The molecule has 1 aliphatic rings. The zero-order valence-corrected chi connectivity index (χ0v) is 22.5. The van der Waals surface area contributed by atoms with Crippen LogP contribution in [0.5, 0.6) is 23.0 Å². The number of amides is 1. The number of ether oxygens (including phenoxy) is 3. The number of carbonyl (C=O) groups excluding carboxylic acids is 2. The van der Waals surface area contributed by atoms with Gasteiger partial charge in [-0.05, 0) is 73.9 Å². The third-order valence-electron chi connectivity index (χ3n) is 6.16. The molecule has 0 spiro atoms. The maximum atomic E-state index is 13.5. The SMILES string of the molecule is CCOc1cccc(N2C(=O)C(=O)/C(=C(\O)c3ccc(OCC(C)C)cc3)C2c2ccc(O)c(OCC)c2)c1. The molecule has 1 fully saturated rings. The number of aliphatic hydroxyl groups excluding tert-OH is 1. The van der Waals surface area contributed by atoms with E-state index in [0.29, 0.717) is 54.1 Å². The molecule has 8 heteroatoms. The molecule has 1 aliphatic heterocycles. The molecule has 3 aromatic carbocycles. The number of Topliss-reactive ketones (excluding diaryl/α,β-unsaturated/α-hetero) is 1. The van der Waals surface area contributed by atoms with E-state index in [1.54, 1.807) is 67.6 Å². The van der Waals surface area contributed by atoms with E-state index in [2.05, 4.69) is 0 Å². The predicted molar refractivity (Wildman–Crippen MR) is 148 cm³/mol. The molecule has 204 valence electrons. The van der Waals surface area contributed by atoms with Crippen LogP contribution in [-0.2, 0) is 9.59 Å². The number of benzene rings is 3. The summed E-state index contributed by atoms with van der Waals surface area (Å²) in [5.74, 6) is -0.296. The summed E-state index contributed by atoms with van der Waals surface area (Å²) in [6, 6.07) is 17.2. The second-order valence-corrected chi connectivity index (χ2v) is 9.49. The molecule has 0 bridgehead atoms. The molecule has 4 rings (SSSR count). The van der Waals surface area contributed by atoms with E-state index in [4.69, 9.17) is 14.2 Å². The molecule has 1 heterocycles. The summed E-state index contributed by atoms with van der Waals surface area (Å²) < 4.78 is 16.9. The van der Waals surface area contributed by atoms with E-state index in [-0.39, 0.29) is 22.8 Å². The van der Waals surface area contributed by atoms with E-state index in [1.807, 2.05) is 20.8 Å². The number of aliphatic hydroxyl groups is 1. The zero-order chi connectivity index (χ0) is 28.1. The Labute approximate surface area is 228 Å². The number of nitrogens with zero attached hydrogens (tertiary/aromatic N) is 1. The van der Waals surface area contributed by atoms with Crippen LogP contribution < -0.4 is 19.1 Å². The molecular weight excluding hydrogens is 498 g/mol. The van der Waals surface area contributed by atoms with Crippen LogP contribution in [0.15, 0.2) is 72.3 Å². The van der Waals surface area contributed by atoms with E-state index < -0.39 is 17.7 Å². The van der Waals surface area contributed by atoms with Crippen molar-refractivity contribution in [3.05, 3.63) is 83.4 Å². The Morgan fingerprint density at radius 3 is 2.28 bits per heavy atom. The standard InChI is InChI=1S/C31H33NO7/c1-5-37-24-9-7-8-22(17-24)32-28(21-12-15-25(33)26(16-21)38-6-2)27(30(35)31(32)36)29(34)20-10-13-23(14-11-20)39-18-19(3)4/h7-17,19,28,33-34H,5-6,18H2,1-4H3/b29-27-. The summed E-state index contributed by atoms with van der Waals surface area (Å²) >= 11 is 0. The van der Waals surface area contributed by atoms with Gasteiger partial charge in [-0.3, -0.25) is 14.5 Å². The van der Waals surface area contributed by atoms with Crippen molar-refractivity contribution in [1.82, 2.24) is 0 Å². The third kappa shape index (κ3) is 5.85. The average Bonchev–Trinajstić information content (AvgIpc) is 3.19. The van der Waals surface area contributed by atoms with Crippen LogP contribution in [0.3, 0.4) is 0 Å². The highest BCUT2D eigenvalue weighted by Gasteiger charge is 2.47. The van der Waals surface area contributed by atoms with Gasteiger partial charge in [0.15, 0.2) is 11.5 Å². The van der Waals surface area contributed by atoms with Crippen molar-refractivity contribution in [2.75, 3.05) is 24.7 Å². The van der Waals surface area contributed by atoms with Gasteiger partial charge in [0.05, 0.1) is 31.4 Å². The summed E-state index contributed by atoms with van der Waals surface area (Å²) in [5.41, 5.74) is 1.19. The minimum absolute atomic E-state index is 0.0760. The fraction of sp³-hybridized carbons (Fsp3) is 0.290. The highest BCUT2D eigenvalue weighted by molar-refractivity contribution is 6.51. The normalized spacial score (nSPS) is 16.5. The van der Waals surface area contributed by atoms with E-state index >= 15 is 0 Å². The average molecular weight is 532 g/mol. The highest BCUT2D eigenvalue weighted by Crippen LogP contribution is 2.44. The number of hydrogen-bond acceptors (Lipinski definition) is 7. The van der Waals surface area contributed by atoms with Crippen molar-refractivity contribution in [2.24, 2.45) is 5.92 Å². The Morgan fingerprint density at radius 2 is 1.62 bits per heavy atom. The molecule has 0 radical (unpaired) electrons. The van der Waals surface area contributed by atoms with Gasteiger partial charge in [0, 0.05) is 17.3 Å². The largest absolute Gasteiger partial charge is 0.507 e. The lowest BCUT2D eigenvalue weighted by molar-refractivity contribution is -0.132. The van der Waals surface area contributed by atoms with Gasteiger partial charge in [-0.15, -0.1) is 0 Å². The smallest absolute Gasteiger partial charge is 0.300 e. The topological polar surface area (TPSA) is 106 Å². The van der Waals surface area contributed by atoms with E-state index in [1.165, 1.54) is 11.0 Å². The van der Waals surface area contributed by atoms with Crippen LogP contribution in [-0.4, -0.2) is 41.7 Å². The van der Waals surface area contributed by atoms with Crippen molar-refractivity contribution in [2.45, 2.75) is 33.7 Å². The maximum absolute atomic E-state index is 13.5. The van der Waals surface area contributed by atoms with Gasteiger partial charge < -0.3 is 24.4 Å². The number of rotatable bonds is 10. The minimum atomic E-state index is -0.987. The molecule has 0 saturated carbocycles. The molecule has 3 aromatic rings. The number of anilines is 1. The number of phenols is 1. The number of carbonyl (C=O) groups is 2. The van der Waals surface area contributed by atoms with Crippen LogP contribution in [0, 0.1) is 5.92 Å². The van der Waals surface area contributed by atoms with Gasteiger partial charge in [-0.2, -0.15) is 0 Å². The van der Waals surface area contributed by atoms with Crippen LogP contribution in [0.25, 0.3) is 5.76 Å². The summed E-state index contributed by atoms with van der Waals surface area (Å²) in [7, 11) is 0. The predicted octanol–water partition coefficient (Wildman–Crippen LogP) is 5.85. The van der Waals surface area contributed by atoms with Crippen molar-refractivity contribution in [3.8, 4) is 23.0 Å². The van der Waals surface area contributed by atoms with Gasteiger partial charge >= 0.3 is 0 Å². The molecule has 1 atom stereocenters. The van der Waals surface area contributed by atoms with Crippen LogP contribution in [0.4, 0.5) is 5.69 Å². The number of phenolic OH excluding ortho intramolecular Hbond substituents is 1. The van der Waals surface area contributed by atoms with Gasteiger partial charge in [0.25, 0.3) is 11.7 Å². The molecule has 39 heavy (non-hydrogen) atoms. The van der Waals surface area contributed by atoms with Gasteiger partial charge in [-0.1, -0.05) is 26.0 Å². The summed E-state index contributed by atoms with van der Waals surface area (Å²) in [5, 5.41) is 21.7. The first-order valence-electron chi connectivity index (χ1n) is 13.0. The lowest BCUT2D eigenvalue weighted by atomic mass is 9.94. The minimum Gasteiger partial charge on any atom is -0.507 e. The Morgan fingerprint density at radius 1 is 0.897 bits per heavy atom. The summed E-state index contributed by atoms with van der Waals surface area (Å²) in [6.07, 6.45) is 0. The second kappa shape index (κ2) is 11.9. The van der Waals surface area contributed by atoms with E-state index in [0.717, 1.165) is 0 Å². The van der Waals surface area contributed by atoms with Gasteiger partial charge in [-0.25, -0.2) is 0 Å². The van der Waals surface area contributed by atoms with Crippen molar-refractivity contribution in [1.29, 1.82) is 0 Å². The number of ketones is 1. The maximum Gasteiger partial charge on any atom is 0.300 e. The molecule has 0 aliphatic carbocycles. The lowest BCUT2D eigenvalue weighted by Gasteiger charge is -2.26. The summed E-state index contributed by atoms with van der Waals surface area (Å²) in [6.45, 7) is 9.00. The first-order chi connectivity index (χ1) is 18.7. The molecule has 0 aromatic heterocycles. The molecule has 1 amide bonds. The first kappa shape index (κ1) is 27.6. The molecule has 1 unspecified atom stereocenters. The number of aromatic hydroxyl groups is 1. The van der Waals surface area contributed by atoms with Gasteiger partial charge in [0.2, 0.25) is 0 Å². The fourth-order valence-electron chi connectivity index (χ4n) is 4.40. The molecular formula is C31H33NO7. The van der Waals surface area contributed by atoms with Crippen LogP contribution in [0.1, 0.15) is 44.9 Å². The third-order valence-corrected chi connectivity index (χ3v) is 6.16. The van der Waals surface area contributed by atoms with Crippen molar-refractivity contribution in [3.63, 3.8) is 0 Å². The summed E-state index contributed by atoms with van der Waals surface area (Å²) in [4.78, 5) is 28.3. The zero-order valence-electron chi connectivity index (χ0n) is 22.5. The van der Waals surface area contributed by atoms with Crippen LogP contribution in [0.2, 0.25) is 0 Å². The fourth-order valence-corrected chi connectivity index (χ4v) is 4.40. The first-order valence-corrected chi connectivity index (χ1v) is 13.0. The Bertz CT molecular complexity index is 1380. The Balaban J connectivity index is 1.86. The van der Waals surface area contributed by atoms with Crippen molar-refractivity contribution < 1.29 is 34.0 Å². The van der Waals surface area contributed by atoms with Crippen molar-refractivity contribution >= 4 is 23.1 Å². The van der Waals surface area contributed by atoms with E-state index in [9.17, 15) is 19.8 Å². The van der Waals surface area contributed by atoms with Crippen LogP contribution >= 0.6 is 0 Å². The molecule has 1 saturated heterocycles. The lowest BCUT2D eigenvalue weighted by Crippen LogP contribution is -2.29. The van der Waals surface area contributed by atoms with Gasteiger partial charge in [0.1, 0.15) is 17.3 Å². The monoisotopic (exact) mass is 531 g/mol. The molecule has 8 nitrogen and oxygen atoms in total. The Hall–Kier alpha value is -4.46.